The molecule has 1 aromatic rings. The molecule has 0 aromatic heterocycles. The summed E-state index contributed by atoms with van der Waals surface area (Å²) in [5.74, 6) is 0.366. The van der Waals surface area contributed by atoms with Crippen LogP contribution in [0.4, 0.5) is 5.69 Å². The number of nitrogen functional groups attached to an aromatic ring is 1. The summed E-state index contributed by atoms with van der Waals surface area (Å²) < 4.78 is 26.9. The molecule has 1 rings (SSSR count). The second-order valence-electron chi connectivity index (χ2n) is 5.65. The zero-order chi connectivity index (χ0) is 14.8. The Bertz CT molecular complexity index is 554. The summed E-state index contributed by atoms with van der Waals surface area (Å²) in [5.41, 5.74) is 5.81. The van der Waals surface area contributed by atoms with Crippen LogP contribution in [0.3, 0.4) is 0 Å². The quantitative estimate of drug-likeness (QED) is 0.822. The highest BCUT2D eigenvalue weighted by atomic mass is 35.5. The van der Waals surface area contributed by atoms with E-state index < -0.39 is 10.0 Å². The average molecular weight is 305 g/mol. The molecule has 0 fully saturated rings. The second-order valence-corrected chi connectivity index (χ2v) is 7.83. The zero-order valence-electron chi connectivity index (χ0n) is 11.7. The maximum absolute atomic E-state index is 12.2. The SMILES string of the molecule is CC(C)C(C)(C)CNS(=O)(=O)c1ccc(N)c(Cl)c1. The molecule has 0 heterocycles. The van der Waals surface area contributed by atoms with Crippen molar-refractivity contribution in [3.05, 3.63) is 23.2 Å². The summed E-state index contributed by atoms with van der Waals surface area (Å²) in [4.78, 5) is 0.131. The molecular formula is C13H21ClN2O2S. The lowest BCUT2D eigenvalue weighted by molar-refractivity contribution is 0.252. The summed E-state index contributed by atoms with van der Waals surface area (Å²) in [6.45, 7) is 8.55. The fourth-order valence-electron chi connectivity index (χ4n) is 1.24. The monoisotopic (exact) mass is 304 g/mol. The van der Waals surface area contributed by atoms with Gasteiger partial charge in [-0.15, -0.1) is 0 Å². The zero-order valence-corrected chi connectivity index (χ0v) is 13.3. The van der Waals surface area contributed by atoms with Gasteiger partial charge in [0.25, 0.3) is 0 Å². The molecule has 3 N–H and O–H groups in total. The molecule has 19 heavy (non-hydrogen) atoms. The minimum atomic E-state index is -3.56. The van der Waals surface area contributed by atoms with Gasteiger partial charge in [0.15, 0.2) is 0 Å². The number of hydrogen-bond donors (Lipinski definition) is 2. The summed E-state index contributed by atoms with van der Waals surface area (Å²) >= 11 is 5.84. The maximum Gasteiger partial charge on any atom is 0.240 e. The van der Waals surface area contributed by atoms with Crippen LogP contribution in [0.15, 0.2) is 23.1 Å². The molecule has 0 aliphatic rings. The second kappa shape index (κ2) is 5.69. The molecule has 0 saturated heterocycles. The summed E-state index contributed by atoms with van der Waals surface area (Å²) in [7, 11) is -3.56. The van der Waals surface area contributed by atoms with Crippen LogP contribution in [0.25, 0.3) is 0 Å². The van der Waals surface area contributed by atoms with Crippen molar-refractivity contribution in [2.24, 2.45) is 11.3 Å². The van der Waals surface area contributed by atoms with Crippen LogP contribution in [0.5, 0.6) is 0 Å². The van der Waals surface area contributed by atoms with Gasteiger partial charge in [-0.1, -0.05) is 39.3 Å². The molecule has 0 aliphatic carbocycles. The number of hydrogen-bond acceptors (Lipinski definition) is 3. The van der Waals surface area contributed by atoms with Crippen molar-refractivity contribution in [1.29, 1.82) is 0 Å². The predicted octanol–water partition coefficient (Wildman–Crippen LogP) is 2.88. The Morgan fingerprint density at radius 3 is 2.42 bits per heavy atom. The fraction of sp³-hybridized carbons (Fsp3) is 0.538. The Morgan fingerprint density at radius 1 is 1.37 bits per heavy atom. The molecule has 0 bridgehead atoms. The van der Waals surface area contributed by atoms with E-state index in [9.17, 15) is 8.42 Å². The molecule has 108 valence electrons. The minimum Gasteiger partial charge on any atom is -0.398 e. The van der Waals surface area contributed by atoms with Gasteiger partial charge in [-0.25, -0.2) is 13.1 Å². The van der Waals surface area contributed by atoms with Gasteiger partial charge in [-0.2, -0.15) is 0 Å². The molecule has 0 unspecified atom stereocenters. The van der Waals surface area contributed by atoms with Gasteiger partial charge >= 0.3 is 0 Å². The number of rotatable bonds is 5. The molecule has 6 heteroatoms. The molecule has 0 spiro atoms. The minimum absolute atomic E-state index is 0.120. The van der Waals surface area contributed by atoms with E-state index >= 15 is 0 Å². The van der Waals surface area contributed by atoms with Crippen molar-refractivity contribution in [3.63, 3.8) is 0 Å². The number of halogens is 1. The van der Waals surface area contributed by atoms with E-state index in [2.05, 4.69) is 18.6 Å². The lowest BCUT2D eigenvalue weighted by Gasteiger charge is -2.29. The van der Waals surface area contributed by atoms with Gasteiger partial charge in [-0.05, 0) is 29.5 Å². The molecule has 0 aliphatic heterocycles. The smallest absolute Gasteiger partial charge is 0.240 e. The van der Waals surface area contributed by atoms with Gasteiger partial charge in [0.05, 0.1) is 15.6 Å². The first-order valence-corrected chi connectivity index (χ1v) is 7.97. The Hall–Kier alpha value is -0.780. The van der Waals surface area contributed by atoms with Gasteiger partial charge in [-0.3, -0.25) is 0 Å². The van der Waals surface area contributed by atoms with Crippen molar-refractivity contribution >= 4 is 27.3 Å². The highest BCUT2D eigenvalue weighted by molar-refractivity contribution is 7.89. The molecule has 0 amide bonds. The van der Waals surface area contributed by atoms with E-state index in [1.165, 1.54) is 18.2 Å². The molecule has 1 aromatic carbocycles. The van der Waals surface area contributed by atoms with Crippen LogP contribution >= 0.6 is 11.6 Å². The molecule has 0 atom stereocenters. The third kappa shape index (κ3) is 4.09. The first-order chi connectivity index (χ1) is 8.56. The molecule has 0 saturated carbocycles. The van der Waals surface area contributed by atoms with E-state index in [4.69, 9.17) is 17.3 Å². The Morgan fingerprint density at radius 2 is 1.95 bits per heavy atom. The van der Waals surface area contributed by atoms with Crippen molar-refractivity contribution in [1.82, 2.24) is 4.72 Å². The van der Waals surface area contributed by atoms with Crippen LogP contribution in [0.2, 0.25) is 5.02 Å². The number of nitrogens with one attached hydrogen (secondary N) is 1. The highest BCUT2D eigenvalue weighted by Crippen LogP contribution is 2.26. The Balaban J connectivity index is 2.90. The third-order valence-corrected chi connectivity index (χ3v) is 5.29. The van der Waals surface area contributed by atoms with Crippen LogP contribution in [-0.4, -0.2) is 15.0 Å². The third-order valence-electron chi connectivity index (χ3n) is 3.56. The molecule has 4 nitrogen and oxygen atoms in total. The first-order valence-electron chi connectivity index (χ1n) is 6.11. The summed E-state index contributed by atoms with van der Waals surface area (Å²) in [6, 6.07) is 4.30. The number of benzene rings is 1. The van der Waals surface area contributed by atoms with Crippen molar-refractivity contribution in [2.45, 2.75) is 32.6 Å². The van der Waals surface area contributed by atoms with Crippen molar-refractivity contribution in [2.75, 3.05) is 12.3 Å². The average Bonchev–Trinajstić information content (AvgIpc) is 2.30. The largest absolute Gasteiger partial charge is 0.398 e. The van der Waals surface area contributed by atoms with Gasteiger partial charge in [0.2, 0.25) is 10.0 Å². The topological polar surface area (TPSA) is 72.2 Å². The normalized spacial score (nSPS) is 12.9. The summed E-state index contributed by atoms with van der Waals surface area (Å²) in [6.07, 6.45) is 0. The lowest BCUT2D eigenvalue weighted by Crippen LogP contribution is -2.36. The van der Waals surface area contributed by atoms with E-state index in [0.29, 0.717) is 18.2 Å². The maximum atomic E-state index is 12.2. The van der Waals surface area contributed by atoms with Crippen LogP contribution in [-0.2, 0) is 10.0 Å². The number of nitrogens with two attached hydrogens (primary N) is 1. The molecular weight excluding hydrogens is 284 g/mol. The fourth-order valence-corrected chi connectivity index (χ4v) is 2.74. The lowest BCUT2D eigenvalue weighted by atomic mass is 9.81. The Labute approximate surface area is 120 Å². The Kier molecular flexibility index (Phi) is 4.87. The van der Waals surface area contributed by atoms with Crippen LogP contribution in [0.1, 0.15) is 27.7 Å². The van der Waals surface area contributed by atoms with Crippen LogP contribution in [0, 0.1) is 11.3 Å². The standard InChI is InChI=1S/C13H21ClN2O2S/c1-9(2)13(3,4)8-16-19(17,18)10-5-6-12(15)11(14)7-10/h5-7,9,16H,8,15H2,1-4H3. The van der Waals surface area contributed by atoms with E-state index in [0.717, 1.165) is 0 Å². The first kappa shape index (κ1) is 16.3. The number of anilines is 1. The van der Waals surface area contributed by atoms with E-state index in [1.807, 2.05) is 13.8 Å². The number of sulfonamides is 1. The van der Waals surface area contributed by atoms with Gasteiger partial charge in [0, 0.05) is 6.54 Å². The summed E-state index contributed by atoms with van der Waals surface area (Å²) in [5, 5.41) is 0.242. The van der Waals surface area contributed by atoms with Crippen LogP contribution < -0.4 is 10.5 Å². The van der Waals surface area contributed by atoms with Crippen molar-refractivity contribution < 1.29 is 8.42 Å². The van der Waals surface area contributed by atoms with Gasteiger partial charge < -0.3 is 5.73 Å². The van der Waals surface area contributed by atoms with Crippen molar-refractivity contribution in [3.8, 4) is 0 Å². The highest BCUT2D eigenvalue weighted by Gasteiger charge is 2.25. The van der Waals surface area contributed by atoms with E-state index in [-0.39, 0.29) is 15.3 Å². The molecule has 0 radical (unpaired) electrons. The van der Waals surface area contributed by atoms with Gasteiger partial charge in [0.1, 0.15) is 0 Å². The predicted molar refractivity (Wildman–Crippen MR) is 79.7 cm³/mol. The van der Waals surface area contributed by atoms with E-state index in [1.54, 1.807) is 0 Å².